The number of halogens is 1. The molecule has 2 aromatic rings. The molecule has 1 aliphatic heterocycles. The monoisotopic (exact) mass is 445 g/mol. The Labute approximate surface area is 153 Å². The molecule has 5 heteroatoms. The number of aryl methyl sites for hydroxylation is 2. The van der Waals surface area contributed by atoms with Crippen molar-refractivity contribution in [2.45, 2.75) is 39.5 Å². The molecule has 0 amide bonds. The van der Waals surface area contributed by atoms with Gasteiger partial charge in [0, 0.05) is 21.3 Å². The van der Waals surface area contributed by atoms with Gasteiger partial charge in [-0.05, 0) is 59.5 Å². The summed E-state index contributed by atoms with van der Waals surface area (Å²) in [6, 6.07) is 4.03. The number of piperidine rings is 1. The molecule has 1 aliphatic rings. The molecule has 118 valence electrons. The molecule has 0 spiro atoms. The summed E-state index contributed by atoms with van der Waals surface area (Å²) in [5.41, 5.74) is 2.06. The molecule has 0 radical (unpaired) electrons. The van der Waals surface area contributed by atoms with E-state index < -0.39 is 0 Å². The summed E-state index contributed by atoms with van der Waals surface area (Å²) < 4.78 is 4.71. The van der Waals surface area contributed by atoms with Gasteiger partial charge in [0.05, 0.1) is 4.88 Å². The van der Waals surface area contributed by atoms with Gasteiger partial charge < -0.3 is 5.11 Å². The fourth-order valence-electron chi connectivity index (χ4n) is 2.86. The fraction of sp³-hybridized carbons (Fsp3) is 0.471. The lowest BCUT2D eigenvalue weighted by Crippen LogP contribution is -2.31. The first-order chi connectivity index (χ1) is 10.6. The smallest absolute Gasteiger partial charge is 0.314 e. The van der Waals surface area contributed by atoms with Crippen LogP contribution in [0.4, 0.5) is 0 Å². The Kier molecular flexibility index (Phi) is 5.24. The van der Waals surface area contributed by atoms with Crippen LogP contribution in [0.3, 0.4) is 0 Å². The number of rotatable bonds is 2. The minimum Gasteiger partial charge on any atom is -0.871 e. The Morgan fingerprint density at radius 3 is 2.59 bits per heavy atom. The maximum Gasteiger partial charge on any atom is 0.314 e. The SMILES string of the molecule is CCc1sc(=[N+]2CCCCC2)sc1-c1cc(C)cc(I)c1[O-]. The Balaban J connectivity index is 2.17. The summed E-state index contributed by atoms with van der Waals surface area (Å²) in [5.74, 6) is 0.181. The van der Waals surface area contributed by atoms with Gasteiger partial charge in [-0.2, -0.15) is 0 Å². The lowest BCUT2D eigenvalue weighted by molar-refractivity contribution is -0.268. The lowest BCUT2D eigenvalue weighted by atomic mass is 10.1. The van der Waals surface area contributed by atoms with Crippen LogP contribution >= 0.6 is 45.3 Å². The Morgan fingerprint density at radius 2 is 1.91 bits per heavy atom. The van der Waals surface area contributed by atoms with Gasteiger partial charge in [-0.1, -0.05) is 41.4 Å². The Hall–Kier alpha value is -0.400. The highest BCUT2D eigenvalue weighted by Crippen LogP contribution is 2.37. The van der Waals surface area contributed by atoms with Crippen LogP contribution in [0.1, 0.15) is 36.6 Å². The van der Waals surface area contributed by atoms with Crippen molar-refractivity contribution >= 4 is 45.3 Å². The van der Waals surface area contributed by atoms with Crippen LogP contribution in [-0.2, 0) is 6.42 Å². The van der Waals surface area contributed by atoms with E-state index in [1.54, 1.807) is 0 Å². The van der Waals surface area contributed by atoms with E-state index in [4.69, 9.17) is 0 Å². The van der Waals surface area contributed by atoms with Gasteiger partial charge in [-0.3, -0.25) is 0 Å². The van der Waals surface area contributed by atoms with E-state index in [2.05, 4.69) is 47.1 Å². The van der Waals surface area contributed by atoms with Gasteiger partial charge in [-0.15, -0.1) is 0 Å². The third kappa shape index (κ3) is 3.26. The number of benzene rings is 1. The van der Waals surface area contributed by atoms with Crippen LogP contribution in [0.2, 0.25) is 0 Å². The molecule has 22 heavy (non-hydrogen) atoms. The summed E-state index contributed by atoms with van der Waals surface area (Å²) >= 11 is 5.86. The summed E-state index contributed by atoms with van der Waals surface area (Å²) in [6.45, 7) is 6.58. The van der Waals surface area contributed by atoms with Crippen molar-refractivity contribution in [3.63, 3.8) is 0 Å². The minimum absolute atomic E-state index is 0.181. The average Bonchev–Trinajstić information content (AvgIpc) is 2.96. The van der Waals surface area contributed by atoms with E-state index in [1.807, 2.05) is 28.7 Å². The molecule has 0 atom stereocenters. The molecule has 3 rings (SSSR count). The first-order valence-corrected chi connectivity index (χ1v) is 10.5. The van der Waals surface area contributed by atoms with Crippen LogP contribution in [0.25, 0.3) is 10.4 Å². The standard InChI is InChI=1S/C17H20INOS2/c1-3-14-16(12-9-11(2)10-13(18)15(12)20)22-17(21-14)19-7-5-4-6-8-19/h9-10H,3-8H2,1-2H3. The third-order valence-electron chi connectivity index (χ3n) is 4.02. The maximum atomic E-state index is 12.6. The van der Waals surface area contributed by atoms with Crippen LogP contribution in [0.5, 0.6) is 5.75 Å². The third-order valence-corrected chi connectivity index (χ3v) is 7.73. The topological polar surface area (TPSA) is 26.1 Å². The highest BCUT2D eigenvalue weighted by molar-refractivity contribution is 14.1. The quantitative estimate of drug-likeness (QED) is 0.507. The summed E-state index contributed by atoms with van der Waals surface area (Å²) in [6.07, 6.45) is 4.92. The molecular formula is C17H20INOS2. The van der Waals surface area contributed by atoms with E-state index in [0.29, 0.717) is 0 Å². The van der Waals surface area contributed by atoms with E-state index in [9.17, 15) is 5.11 Å². The summed E-state index contributed by atoms with van der Waals surface area (Å²) in [4.78, 5) is 2.55. The van der Waals surface area contributed by atoms with Crippen LogP contribution in [-0.4, -0.2) is 13.1 Å². The highest BCUT2D eigenvalue weighted by Gasteiger charge is 2.18. The van der Waals surface area contributed by atoms with Gasteiger partial charge >= 0.3 is 3.98 Å². The van der Waals surface area contributed by atoms with E-state index in [0.717, 1.165) is 28.6 Å². The van der Waals surface area contributed by atoms with Crippen molar-refractivity contribution in [2.75, 3.05) is 13.1 Å². The van der Waals surface area contributed by atoms with Gasteiger partial charge in [0.2, 0.25) is 0 Å². The zero-order chi connectivity index (χ0) is 15.7. The first kappa shape index (κ1) is 16.5. The van der Waals surface area contributed by atoms with E-state index >= 15 is 0 Å². The van der Waals surface area contributed by atoms with Crippen LogP contribution in [0, 0.1) is 10.5 Å². The first-order valence-electron chi connectivity index (χ1n) is 7.78. The molecule has 0 bridgehead atoms. The van der Waals surface area contributed by atoms with Crippen molar-refractivity contribution in [2.24, 2.45) is 0 Å². The van der Waals surface area contributed by atoms with E-state index in [-0.39, 0.29) is 5.75 Å². The molecule has 0 aliphatic carbocycles. The van der Waals surface area contributed by atoms with Crippen LogP contribution < -0.4 is 13.7 Å². The van der Waals surface area contributed by atoms with Gasteiger partial charge in [-0.25, -0.2) is 4.58 Å². The Bertz CT molecular complexity index is 753. The molecule has 0 saturated carbocycles. The summed E-state index contributed by atoms with van der Waals surface area (Å²) in [5, 5.41) is 12.6. The van der Waals surface area contributed by atoms with Crippen molar-refractivity contribution in [3.05, 3.63) is 30.1 Å². The van der Waals surface area contributed by atoms with Gasteiger partial charge in [0.15, 0.2) is 0 Å². The van der Waals surface area contributed by atoms with Crippen molar-refractivity contribution < 1.29 is 5.11 Å². The van der Waals surface area contributed by atoms with Gasteiger partial charge in [0.25, 0.3) is 0 Å². The zero-order valence-electron chi connectivity index (χ0n) is 12.9. The fourth-order valence-corrected chi connectivity index (χ4v) is 6.48. The number of nitrogens with zero attached hydrogens (tertiary/aromatic N) is 1. The predicted molar refractivity (Wildman–Crippen MR) is 103 cm³/mol. The maximum absolute atomic E-state index is 12.6. The number of hydrogen-bond donors (Lipinski definition) is 0. The average molecular weight is 445 g/mol. The second-order valence-corrected chi connectivity index (χ2v) is 9.25. The summed E-state index contributed by atoms with van der Waals surface area (Å²) in [7, 11) is 0. The molecule has 2 heterocycles. The molecule has 1 fully saturated rings. The largest absolute Gasteiger partial charge is 0.871 e. The van der Waals surface area contributed by atoms with Crippen molar-refractivity contribution in [3.8, 4) is 16.2 Å². The van der Waals surface area contributed by atoms with E-state index in [1.165, 1.54) is 38.6 Å². The molecule has 1 saturated heterocycles. The Morgan fingerprint density at radius 1 is 1.18 bits per heavy atom. The van der Waals surface area contributed by atoms with Gasteiger partial charge in [0.1, 0.15) is 13.1 Å². The van der Waals surface area contributed by atoms with Crippen molar-refractivity contribution in [1.29, 1.82) is 0 Å². The normalized spacial score (nSPS) is 15.3. The number of hydrogen-bond acceptors (Lipinski definition) is 3. The molecular weight excluding hydrogens is 425 g/mol. The molecule has 1 aromatic heterocycles. The molecule has 0 N–H and O–H groups in total. The van der Waals surface area contributed by atoms with Crippen molar-refractivity contribution in [1.82, 2.24) is 4.58 Å². The second kappa shape index (κ2) is 7.01. The molecule has 0 unspecified atom stereocenters. The molecule has 1 aromatic carbocycles. The second-order valence-electron chi connectivity index (χ2n) is 5.75. The lowest BCUT2D eigenvalue weighted by Gasteiger charge is -2.16. The highest BCUT2D eigenvalue weighted by atomic mass is 127. The predicted octanol–water partition coefficient (Wildman–Crippen LogP) is 3.98. The zero-order valence-corrected chi connectivity index (χ0v) is 16.7. The molecule has 2 nitrogen and oxygen atoms in total. The van der Waals surface area contributed by atoms with Crippen LogP contribution in [0.15, 0.2) is 12.1 Å². The minimum atomic E-state index is 0.181.